The Hall–Kier alpha value is -1.58. The summed E-state index contributed by atoms with van der Waals surface area (Å²) in [6.45, 7) is 5.53. The highest BCUT2D eigenvalue weighted by atomic mass is 32.2. The number of hydrogen-bond acceptors (Lipinski definition) is 5. The highest BCUT2D eigenvalue weighted by molar-refractivity contribution is 7.91. The number of nitrogens with one attached hydrogen (secondary N) is 1. The predicted octanol–water partition coefficient (Wildman–Crippen LogP) is 1.05. The molecule has 6 nitrogen and oxygen atoms in total. The van der Waals surface area contributed by atoms with E-state index in [9.17, 15) is 22.0 Å². The van der Waals surface area contributed by atoms with Crippen LogP contribution in [0.1, 0.15) is 16.8 Å². The average molecular weight is 375 g/mol. The van der Waals surface area contributed by atoms with Gasteiger partial charge in [-0.05, 0) is 44.3 Å². The first-order chi connectivity index (χ1) is 11.8. The molecule has 0 aliphatic carbocycles. The molecule has 0 saturated carbocycles. The van der Waals surface area contributed by atoms with Crippen molar-refractivity contribution in [3.63, 3.8) is 0 Å². The van der Waals surface area contributed by atoms with Crippen LogP contribution in [0.25, 0.3) is 0 Å². The van der Waals surface area contributed by atoms with E-state index in [0.717, 1.165) is 51.3 Å². The van der Waals surface area contributed by atoms with Gasteiger partial charge >= 0.3 is 5.76 Å². The summed E-state index contributed by atoms with van der Waals surface area (Å²) in [5.41, 5.74) is 0.243. The van der Waals surface area contributed by atoms with Crippen LogP contribution in [0.15, 0.2) is 29.2 Å². The van der Waals surface area contributed by atoms with E-state index in [1.807, 2.05) is 0 Å². The number of benzene rings is 1. The fourth-order valence-electron chi connectivity index (χ4n) is 2.58. The van der Waals surface area contributed by atoms with Crippen molar-refractivity contribution in [3.8, 4) is 0 Å². The van der Waals surface area contributed by atoms with Crippen molar-refractivity contribution in [3.05, 3.63) is 29.8 Å². The average Bonchev–Trinajstić information content (AvgIpc) is 2.60. The minimum absolute atomic E-state index is 0.243. The number of alkyl halides is 2. The third-order valence-corrected chi connectivity index (χ3v) is 5.61. The maximum Gasteiger partial charge on any atom is 0.341 e. The summed E-state index contributed by atoms with van der Waals surface area (Å²) in [6, 6.07) is 4.54. The molecule has 9 heteroatoms. The van der Waals surface area contributed by atoms with Gasteiger partial charge in [0.05, 0.1) is 4.90 Å². The summed E-state index contributed by atoms with van der Waals surface area (Å²) in [7, 11) is -2.54. The molecule has 1 aliphatic heterocycles. The van der Waals surface area contributed by atoms with Gasteiger partial charge in [0, 0.05) is 38.3 Å². The third-order valence-electron chi connectivity index (χ3n) is 4.21. The molecule has 140 valence electrons. The zero-order chi connectivity index (χ0) is 18.4. The lowest BCUT2D eigenvalue weighted by Gasteiger charge is -2.32. The second-order valence-electron chi connectivity index (χ2n) is 6.08. The first-order valence-corrected chi connectivity index (χ1v) is 9.66. The number of carbonyl (C=O) groups is 1. The van der Waals surface area contributed by atoms with E-state index >= 15 is 0 Å². The maximum absolute atomic E-state index is 12.5. The predicted molar refractivity (Wildman–Crippen MR) is 90.5 cm³/mol. The molecule has 1 amide bonds. The topological polar surface area (TPSA) is 69.7 Å². The van der Waals surface area contributed by atoms with Gasteiger partial charge in [-0.1, -0.05) is 0 Å². The normalized spacial score (nSPS) is 17.0. The Bertz CT molecular complexity index is 672. The zero-order valence-electron chi connectivity index (χ0n) is 14.1. The van der Waals surface area contributed by atoms with Gasteiger partial charge < -0.3 is 15.1 Å². The molecule has 1 aliphatic rings. The number of sulfone groups is 1. The van der Waals surface area contributed by atoms with Crippen LogP contribution in [0.3, 0.4) is 0 Å². The number of likely N-dealkylation sites (N-methyl/N-ethyl adjacent to an activating group) is 1. The molecule has 0 atom stereocenters. The summed E-state index contributed by atoms with van der Waals surface area (Å²) in [4.78, 5) is 16.1. The summed E-state index contributed by atoms with van der Waals surface area (Å²) >= 11 is 0. The lowest BCUT2D eigenvalue weighted by molar-refractivity contribution is 0.0949. The quantitative estimate of drug-likeness (QED) is 0.722. The van der Waals surface area contributed by atoms with E-state index in [2.05, 4.69) is 22.2 Å². The van der Waals surface area contributed by atoms with E-state index < -0.39 is 20.5 Å². The fraction of sp³-hybridized carbons (Fsp3) is 0.562. The van der Waals surface area contributed by atoms with Crippen molar-refractivity contribution in [2.24, 2.45) is 0 Å². The Kier molecular flexibility index (Phi) is 6.86. The number of halogens is 2. The van der Waals surface area contributed by atoms with Gasteiger partial charge in [-0.2, -0.15) is 8.78 Å². The first kappa shape index (κ1) is 19.7. The molecule has 0 bridgehead atoms. The Balaban J connectivity index is 1.77. The number of nitrogens with zero attached hydrogens (tertiary/aromatic N) is 2. The third kappa shape index (κ3) is 5.45. The van der Waals surface area contributed by atoms with Crippen molar-refractivity contribution >= 4 is 15.7 Å². The maximum atomic E-state index is 12.5. The van der Waals surface area contributed by atoms with Crippen molar-refractivity contribution in [2.45, 2.75) is 17.1 Å². The molecule has 0 unspecified atom stereocenters. The SMILES string of the molecule is CN1CCN(CCCNC(=O)c2ccc(S(=O)(=O)C(F)F)cc2)CC1. The molecule has 0 aromatic heterocycles. The minimum Gasteiger partial charge on any atom is -0.352 e. The second kappa shape index (κ2) is 8.68. The van der Waals surface area contributed by atoms with Crippen LogP contribution in [0.5, 0.6) is 0 Å². The summed E-state index contributed by atoms with van der Waals surface area (Å²) in [5.74, 6) is -3.82. The van der Waals surface area contributed by atoms with Gasteiger partial charge in [0.15, 0.2) is 0 Å². The van der Waals surface area contributed by atoms with E-state index in [1.54, 1.807) is 0 Å². The van der Waals surface area contributed by atoms with Gasteiger partial charge in [-0.15, -0.1) is 0 Å². The standard InChI is InChI=1S/C16H23F2N3O3S/c1-20-9-11-21(12-10-20)8-2-7-19-15(22)13-3-5-14(6-4-13)25(23,24)16(17)18/h3-6,16H,2,7-12H2,1H3,(H,19,22). The van der Waals surface area contributed by atoms with Crippen LogP contribution in [-0.2, 0) is 9.84 Å². The molecular formula is C16H23F2N3O3S. The van der Waals surface area contributed by atoms with Crippen LogP contribution in [0.2, 0.25) is 0 Å². The summed E-state index contributed by atoms with van der Waals surface area (Å²) < 4.78 is 47.6. The number of amides is 1. The smallest absolute Gasteiger partial charge is 0.341 e. The van der Waals surface area contributed by atoms with Gasteiger partial charge in [-0.3, -0.25) is 4.79 Å². The second-order valence-corrected chi connectivity index (χ2v) is 8.00. The Labute approximate surface area is 146 Å². The van der Waals surface area contributed by atoms with Gasteiger partial charge in [-0.25, -0.2) is 8.42 Å². The van der Waals surface area contributed by atoms with Crippen LogP contribution < -0.4 is 5.32 Å². The largest absolute Gasteiger partial charge is 0.352 e. The molecule has 1 saturated heterocycles. The Morgan fingerprint density at radius 2 is 1.76 bits per heavy atom. The number of piperazine rings is 1. The number of rotatable bonds is 7. The van der Waals surface area contributed by atoms with Crippen LogP contribution in [0.4, 0.5) is 8.78 Å². The van der Waals surface area contributed by atoms with Crippen molar-refractivity contribution in [1.82, 2.24) is 15.1 Å². The summed E-state index contributed by atoms with van der Waals surface area (Å²) in [6.07, 6.45) is 0.813. The molecule has 1 fully saturated rings. The van der Waals surface area contributed by atoms with Crippen molar-refractivity contribution in [1.29, 1.82) is 0 Å². The molecule has 2 rings (SSSR count). The van der Waals surface area contributed by atoms with Crippen LogP contribution in [-0.4, -0.2) is 76.2 Å². The molecule has 1 heterocycles. The lowest BCUT2D eigenvalue weighted by atomic mass is 10.2. The minimum atomic E-state index is -4.63. The van der Waals surface area contributed by atoms with Crippen LogP contribution >= 0.6 is 0 Å². The number of carbonyl (C=O) groups excluding carboxylic acids is 1. The van der Waals surface area contributed by atoms with E-state index in [4.69, 9.17) is 0 Å². The lowest BCUT2D eigenvalue weighted by Crippen LogP contribution is -2.45. The molecular weight excluding hydrogens is 352 g/mol. The first-order valence-electron chi connectivity index (χ1n) is 8.12. The fourth-order valence-corrected chi connectivity index (χ4v) is 3.30. The molecule has 1 aromatic rings. The summed E-state index contributed by atoms with van der Waals surface area (Å²) in [5, 5.41) is 2.75. The Morgan fingerprint density at radius 1 is 1.16 bits per heavy atom. The van der Waals surface area contributed by atoms with Crippen LogP contribution in [0, 0.1) is 0 Å². The van der Waals surface area contributed by atoms with Crippen molar-refractivity contribution in [2.75, 3.05) is 46.3 Å². The van der Waals surface area contributed by atoms with E-state index in [0.29, 0.717) is 6.54 Å². The van der Waals surface area contributed by atoms with Gasteiger partial charge in [0.2, 0.25) is 9.84 Å². The van der Waals surface area contributed by atoms with Crippen molar-refractivity contribution < 1.29 is 22.0 Å². The molecule has 1 N–H and O–H groups in total. The molecule has 0 spiro atoms. The highest BCUT2D eigenvalue weighted by Gasteiger charge is 2.26. The molecule has 25 heavy (non-hydrogen) atoms. The molecule has 1 aromatic carbocycles. The Morgan fingerprint density at radius 3 is 2.32 bits per heavy atom. The van der Waals surface area contributed by atoms with E-state index in [1.165, 1.54) is 12.1 Å². The monoisotopic (exact) mass is 375 g/mol. The number of hydrogen-bond donors (Lipinski definition) is 1. The zero-order valence-corrected chi connectivity index (χ0v) is 14.9. The van der Waals surface area contributed by atoms with E-state index in [-0.39, 0.29) is 11.5 Å². The van der Waals surface area contributed by atoms with Gasteiger partial charge in [0.25, 0.3) is 5.91 Å². The molecule has 0 radical (unpaired) electrons. The van der Waals surface area contributed by atoms with Gasteiger partial charge in [0.1, 0.15) is 0 Å². The highest BCUT2D eigenvalue weighted by Crippen LogP contribution is 2.18.